The molecule has 0 fully saturated rings. The van der Waals surface area contributed by atoms with E-state index in [0.29, 0.717) is 0 Å². The molecule has 0 aliphatic carbocycles. The molecule has 0 saturated heterocycles. The van der Waals surface area contributed by atoms with Crippen molar-refractivity contribution in [1.82, 2.24) is 15.0 Å². The van der Waals surface area contributed by atoms with E-state index >= 15 is 0 Å². The first-order valence-electron chi connectivity index (χ1n) is 6.97. The molecule has 0 saturated carbocycles. The van der Waals surface area contributed by atoms with Crippen molar-refractivity contribution in [3.63, 3.8) is 0 Å². The van der Waals surface area contributed by atoms with Crippen LogP contribution < -0.4 is 0 Å². The number of carboxylic acid groups (broad SMARTS) is 1. The summed E-state index contributed by atoms with van der Waals surface area (Å²) < 4.78 is 0. The van der Waals surface area contributed by atoms with Crippen molar-refractivity contribution in [2.24, 2.45) is 0 Å². The number of aromatic carboxylic acids is 1. The second-order valence-electron chi connectivity index (χ2n) is 4.80. The third-order valence-corrected chi connectivity index (χ3v) is 3.26. The Bertz CT molecular complexity index is 905. The summed E-state index contributed by atoms with van der Waals surface area (Å²) in [4.78, 5) is 22.4. The molecule has 1 N–H and O–H groups in total. The summed E-state index contributed by atoms with van der Waals surface area (Å²) in [6, 6.07) is 17.0. The van der Waals surface area contributed by atoms with E-state index in [-0.39, 0.29) is 5.69 Å². The Kier molecular flexibility index (Phi) is 4.20. The summed E-state index contributed by atoms with van der Waals surface area (Å²) in [6.07, 6.45) is 4.93. The van der Waals surface area contributed by atoms with Crippen molar-refractivity contribution in [2.45, 2.75) is 0 Å². The highest BCUT2D eigenvalue weighted by molar-refractivity contribution is 5.91. The number of hydrogen-bond acceptors (Lipinski definition) is 4. The molecule has 0 aliphatic rings. The van der Waals surface area contributed by atoms with Crippen molar-refractivity contribution in [3.8, 4) is 0 Å². The molecule has 4 rings (SSSR count). The predicted molar refractivity (Wildman–Crippen MR) is 88.2 cm³/mol. The Morgan fingerprint density at radius 2 is 1.52 bits per heavy atom. The maximum absolute atomic E-state index is 10.6. The van der Waals surface area contributed by atoms with E-state index in [1.54, 1.807) is 18.6 Å². The number of rotatable bonds is 1. The maximum Gasteiger partial charge on any atom is 0.354 e. The summed E-state index contributed by atoms with van der Waals surface area (Å²) in [7, 11) is 0. The molecule has 0 unspecified atom stereocenters. The van der Waals surface area contributed by atoms with Crippen LogP contribution in [0.3, 0.4) is 0 Å². The van der Waals surface area contributed by atoms with E-state index in [9.17, 15) is 4.79 Å². The molecule has 0 radical (unpaired) electrons. The van der Waals surface area contributed by atoms with Gasteiger partial charge >= 0.3 is 5.97 Å². The second-order valence-corrected chi connectivity index (χ2v) is 4.80. The van der Waals surface area contributed by atoms with Crippen molar-refractivity contribution in [2.75, 3.05) is 0 Å². The molecule has 0 spiro atoms. The van der Waals surface area contributed by atoms with Gasteiger partial charge < -0.3 is 5.11 Å². The lowest BCUT2D eigenvalue weighted by molar-refractivity contribution is 0.0690. The van der Waals surface area contributed by atoms with Gasteiger partial charge in [-0.3, -0.25) is 0 Å². The fourth-order valence-corrected chi connectivity index (χ4v) is 2.12. The largest absolute Gasteiger partial charge is 0.477 e. The molecule has 2 aromatic heterocycles. The summed E-state index contributed by atoms with van der Waals surface area (Å²) in [5, 5.41) is 11.6. The fourth-order valence-electron chi connectivity index (χ4n) is 2.12. The van der Waals surface area contributed by atoms with Crippen LogP contribution in [0.4, 0.5) is 0 Å². The molecule has 112 valence electrons. The van der Waals surface area contributed by atoms with Crippen LogP contribution in [-0.4, -0.2) is 26.0 Å². The number of aromatic nitrogens is 3. The highest BCUT2D eigenvalue weighted by atomic mass is 16.4. The number of para-hydroxylation sites is 1. The monoisotopic (exact) mass is 303 g/mol. The van der Waals surface area contributed by atoms with Crippen LogP contribution >= 0.6 is 0 Å². The Morgan fingerprint density at radius 1 is 0.826 bits per heavy atom. The molecule has 0 atom stereocenters. The zero-order valence-corrected chi connectivity index (χ0v) is 12.1. The van der Waals surface area contributed by atoms with Crippen LogP contribution in [0.5, 0.6) is 0 Å². The van der Waals surface area contributed by atoms with E-state index in [2.05, 4.69) is 15.0 Å². The van der Waals surface area contributed by atoms with E-state index in [1.165, 1.54) is 0 Å². The number of benzene rings is 2. The lowest BCUT2D eigenvalue weighted by atomic mass is 10.1. The minimum absolute atomic E-state index is 0.0821. The number of carbonyl (C=O) groups is 1. The lowest BCUT2D eigenvalue weighted by Crippen LogP contribution is -1.98. The van der Waals surface area contributed by atoms with Gasteiger partial charge in [-0.15, -0.1) is 0 Å². The van der Waals surface area contributed by atoms with Crippen LogP contribution in [0.1, 0.15) is 10.5 Å². The van der Waals surface area contributed by atoms with Crippen molar-refractivity contribution >= 4 is 27.6 Å². The van der Waals surface area contributed by atoms with Gasteiger partial charge in [0.1, 0.15) is 12.0 Å². The Balaban J connectivity index is 0.000000140. The van der Waals surface area contributed by atoms with Gasteiger partial charge in [-0.1, -0.05) is 42.5 Å². The van der Waals surface area contributed by atoms with Gasteiger partial charge in [0.05, 0.1) is 5.52 Å². The van der Waals surface area contributed by atoms with Gasteiger partial charge in [-0.25, -0.2) is 19.7 Å². The molecule has 4 aromatic rings. The topological polar surface area (TPSA) is 76.0 Å². The first-order valence-corrected chi connectivity index (χ1v) is 6.97. The average Bonchev–Trinajstić information content (AvgIpc) is 2.62. The molecule has 5 nitrogen and oxygen atoms in total. The summed E-state index contributed by atoms with van der Waals surface area (Å²) >= 11 is 0. The molecule has 5 heteroatoms. The minimum Gasteiger partial charge on any atom is -0.477 e. The molecule has 0 bridgehead atoms. The lowest BCUT2D eigenvalue weighted by Gasteiger charge is -1.97. The van der Waals surface area contributed by atoms with Gasteiger partial charge in [0, 0.05) is 23.2 Å². The fraction of sp³-hybridized carbons (Fsp3) is 0. The maximum atomic E-state index is 10.6. The molecular weight excluding hydrogens is 290 g/mol. The van der Waals surface area contributed by atoms with Gasteiger partial charge in [-0.2, -0.15) is 0 Å². The Labute approximate surface area is 132 Å². The van der Waals surface area contributed by atoms with E-state index in [4.69, 9.17) is 5.11 Å². The van der Waals surface area contributed by atoms with Crippen molar-refractivity contribution < 1.29 is 9.90 Å². The molecule has 2 heterocycles. The molecule has 0 aliphatic heterocycles. The number of nitrogens with zero attached hydrogens (tertiary/aromatic N) is 3. The quantitative estimate of drug-likeness (QED) is 0.582. The summed E-state index contributed by atoms with van der Waals surface area (Å²) in [5.41, 5.74) is 1.08. The van der Waals surface area contributed by atoms with Crippen molar-refractivity contribution in [3.05, 3.63) is 79.0 Å². The Morgan fingerprint density at radius 3 is 2.26 bits per heavy atom. The third-order valence-electron chi connectivity index (χ3n) is 3.26. The van der Waals surface area contributed by atoms with E-state index < -0.39 is 5.97 Å². The highest BCUT2D eigenvalue weighted by Crippen LogP contribution is 2.12. The third kappa shape index (κ3) is 3.47. The first-order chi connectivity index (χ1) is 11.2. The van der Waals surface area contributed by atoms with Crippen LogP contribution in [-0.2, 0) is 0 Å². The van der Waals surface area contributed by atoms with E-state index in [0.717, 1.165) is 21.7 Å². The Hall–Kier alpha value is -3.34. The molecule has 0 amide bonds. The minimum atomic E-state index is -0.995. The number of carboxylic acids is 1. The predicted octanol–water partition coefficient (Wildman–Crippen LogP) is 3.56. The summed E-state index contributed by atoms with van der Waals surface area (Å²) in [6.45, 7) is 0. The van der Waals surface area contributed by atoms with Crippen LogP contribution in [0, 0.1) is 0 Å². The second kappa shape index (κ2) is 6.62. The van der Waals surface area contributed by atoms with Gasteiger partial charge in [0.15, 0.2) is 0 Å². The molecule has 23 heavy (non-hydrogen) atoms. The SMILES string of the molecule is O=C(O)c1cc2ccccc2cn1.c1ccc2ncncc2c1. The number of pyridine rings is 1. The van der Waals surface area contributed by atoms with Gasteiger partial charge in [0.25, 0.3) is 0 Å². The average molecular weight is 303 g/mol. The van der Waals surface area contributed by atoms with E-state index in [1.807, 2.05) is 54.7 Å². The normalized spacial score (nSPS) is 10.1. The van der Waals surface area contributed by atoms with Crippen LogP contribution in [0.25, 0.3) is 21.7 Å². The zero-order valence-electron chi connectivity index (χ0n) is 12.1. The number of hydrogen-bond donors (Lipinski definition) is 1. The van der Waals surface area contributed by atoms with Crippen molar-refractivity contribution in [1.29, 1.82) is 0 Å². The smallest absolute Gasteiger partial charge is 0.354 e. The number of fused-ring (bicyclic) bond motifs is 2. The van der Waals surface area contributed by atoms with Gasteiger partial charge in [0.2, 0.25) is 0 Å². The first kappa shape index (κ1) is 14.6. The van der Waals surface area contributed by atoms with Crippen LogP contribution in [0.2, 0.25) is 0 Å². The summed E-state index contributed by atoms with van der Waals surface area (Å²) in [5.74, 6) is -0.995. The molecule has 2 aromatic carbocycles. The zero-order chi connectivity index (χ0) is 16.1. The standard InChI is InChI=1S/C10H7NO2.C8H6N2/c12-10(13)9-5-7-3-1-2-4-8(7)6-11-9;1-2-4-8-7(3-1)5-9-6-10-8/h1-6H,(H,12,13);1-6H. The molecular formula is C18H13N3O2. The highest BCUT2D eigenvalue weighted by Gasteiger charge is 2.03. The van der Waals surface area contributed by atoms with Gasteiger partial charge in [-0.05, 0) is 17.5 Å². The van der Waals surface area contributed by atoms with Crippen LogP contribution in [0.15, 0.2) is 73.3 Å².